The van der Waals surface area contributed by atoms with Crippen LogP contribution >= 0.6 is 23.1 Å². The maximum atomic E-state index is 13.1. The van der Waals surface area contributed by atoms with Crippen LogP contribution in [0.1, 0.15) is 29.1 Å². The first kappa shape index (κ1) is 14.4. The molecule has 0 aliphatic heterocycles. The third-order valence-electron chi connectivity index (χ3n) is 2.89. The van der Waals surface area contributed by atoms with Gasteiger partial charge in [-0.15, -0.1) is 5.10 Å². The summed E-state index contributed by atoms with van der Waals surface area (Å²) in [6.07, 6.45) is 0.692. The average Bonchev–Trinajstić information content (AvgIpc) is 2.78. The minimum atomic E-state index is -0.315. The molecule has 6 heteroatoms. The van der Waals surface area contributed by atoms with Gasteiger partial charge in [-0.3, -0.25) is 0 Å². The summed E-state index contributed by atoms with van der Waals surface area (Å²) in [5.41, 5.74) is 1.84. The first-order chi connectivity index (χ1) is 9.11. The summed E-state index contributed by atoms with van der Waals surface area (Å²) < 4.78 is 17.0. The molecule has 0 aliphatic rings. The van der Waals surface area contributed by atoms with Crippen LogP contribution in [0.3, 0.4) is 0 Å². The summed E-state index contributed by atoms with van der Waals surface area (Å²) >= 11 is 7.46. The highest BCUT2D eigenvalue weighted by molar-refractivity contribution is 7.05. The van der Waals surface area contributed by atoms with Crippen LogP contribution in [0.25, 0.3) is 0 Å². The highest BCUT2D eigenvalue weighted by Crippen LogP contribution is 2.27. The van der Waals surface area contributed by atoms with Crippen LogP contribution in [0, 0.1) is 12.7 Å². The van der Waals surface area contributed by atoms with Gasteiger partial charge in [-0.2, -0.15) is 0 Å². The van der Waals surface area contributed by atoms with E-state index in [9.17, 15) is 4.39 Å². The lowest BCUT2D eigenvalue weighted by molar-refractivity contribution is 0.553. The van der Waals surface area contributed by atoms with Gasteiger partial charge in [-0.25, -0.2) is 4.39 Å². The lowest BCUT2D eigenvalue weighted by atomic mass is 10.0. The van der Waals surface area contributed by atoms with Gasteiger partial charge in [0.15, 0.2) is 0 Å². The fourth-order valence-electron chi connectivity index (χ4n) is 1.97. The fraction of sp³-hybridized carbons (Fsp3) is 0.385. The van der Waals surface area contributed by atoms with Crippen LogP contribution in [0.5, 0.6) is 0 Å². The summed E-state index contributed by atoms with van der Waals surface area (Å²) in [6, 6.07) is 4.61. The second kappa shape index (κ2) is 6.41. The summed E-state index contributed by atoms with van der Waals surface area (Å²) in [5, 5.41) is 7.88. The first-order valence-electron chi connectivity index (χ1n) is 6.08. The van der Waals surface area contributed by atoms with Crippen LogP contribution in [0.2, 0.25) is 5.02 Å². The quantitative estimate of drug-likeness (QED) is 0.918. The summed E-state index contributed by atoms with van der Waals surface area (Å²) in [6.45, 7) is 4.82. The molecule has 0 saturated heterocycles. The Morgan fingerprint density at radius 1 is 1.47 bits per heavy atom. The van der Waals surface area contributed by atoms with E-state index in [1.54, 1.807) is 6.07 Å². The van der Waals surface area contributed by atoms with Crippen LogP contribution in [-0.2, 0) is 6.42 Å². The molecule has 0 fully saturated rings. The zero-order valence-electron chi connectivity index (χ0n) is 10.8. The lowest BCUT2D eigenvalue weighted by Gasteiger charge is -2.17. The third kappa shape index (κ3) is 3.49. The Bertz CT molecular complexity index is 559. The van der Waals surface area contributed by atoms with Gasteiger partial charge in [0.2, 0.25) is 0 Å². The number of aromatic nitrogens is 2. The second-order valence-corrected chi connectivity index (χ2v) is 5.47. The third-order valence-corrected chi connectivity index (χ3v) is 4.18. The molecule has 0 radical (unpaired) electrons. The number of hydrogen-bond donors (Lipinski definition) is 1. The molecule has 1 aromatic heterocycles. The number of rotatable bonds is 5. The standard InChI is InChI=1S/C13H15ClFN3S/c1-3-16-12(13-8(2)17-18-19-13)6-9-4-5-10(15)7-11(9)14/h4-5,7,12,16H,3,6H2,1-2H3. The van der Waals surface area contributed by atoms with Gasteiger partial charge in [-0.1, -0.05) is 29.1 Å². The molecule has 1 atom stereocenters. The molecule has 1 N–H and O–H groups in total. The monoisotopic (exact) mass is 299 g/mol. The minimum Gasteiger partial charge on any atom is -0.309 e. The second-order valence-electron chi connectivity index (χ2n) is 4.27. The van der Waals surface area contributed by atoms with Gasteiger partial charge in [0.05, 0.1) is 10.6 Å². The van der Waals surface area contributed by atoms with Crippen molar-refractivity contribution in [2.24, 2.45) is 0 Å². The number of nitrogens with one attached hydrogen (secondary N) is 1. The molecule has 1 aromatic carbocycles. The summed E-state index contributed by atoms with van der Waals surface area (Å²) in [5.74, 6) is -0.315. The number of halogens is 2. The minimum absolute atomic E-state index is 0.105. The zero-order valence-corrected chi connectivity index (χ0v) is 12.4. The SMILES string of the molecule is CCNC(Cc1ccc(F)cc1Cl)c1snnc1C. The van der Waals surface area contributed by atoms with Crippen LogP contribution < -0.4 is 5.32 Å². The zero-order chi connectivity index (χ0) is 13.8. The maximum absolute atomic E-state index is 13.1. The van der Waals surface area contributed by atoms with Crippen LogP contribution in [0.15, 0.2) is 18.2 Å². The molecule has 19 heavy (non-hydrogen) atoms. The smallest absolute Gasteiger partial charge is 0.124 e. The van der Waals surface area contributed by atoms with Crippen molar-refractivity contribution in [1.82, 2.24) is 14.9 Å². The first-order valence-corrected chi connectivity index (χ1v) is 7.23. The van der Waals surface area contributed by atoms with Crippen molar-refractivity contribution in [3.63, 3.8) is 0 Å². The molecule has 2 aromatic rings. The Morgan fingerprint density at radius 3 is 2.84 bits per heavy atom. The number of benzene rings is 1. The van der Waals surface area contributed by atoms with E-state index in [0.29, 0.717) is 11.4 Å². The Labute approximate surface area is 121 Å². The topological polar surface area (TPSA) is 37.8 Å². The van der Waals surface area contributed by atoms with Gasteiger partial charge in [0, 0.05) is 11.1 Å². The predicted octanol–water partition coefficient (Wildman–Crippen LogP) is 3.53. The van der Waals surface area contributed by atoms with Crippen molar-refractivity contribution in [3.8, 4) is 0 Å². The number of hydrogen-bond acceptors (Lipinski definition) is 4. The van der Waals surface area contributed by atoms with E-state index >= 15 is 0 Å². The van der Waals surface area contributed by atoms with E-state index in [1.165, 1.54) is 23.7 Å². The van der Waals surface area contributed by atoms with Gasteiger partial charge < -0.3 is 5.32 Å². The van der Waals surface area contributed by atoms with Crippen molar-refractivity contribution in [2.45, 2.75) is 26.3 Å². The Morgan fingerprint density at radius 2 is 2.26 bits per heavy atom. The number of nitrogens with zero attached hydrogens (tertiary/aromatic N) is 2. The van der Waals surface area contributed by atoms with E-state index in [0.717, 1.165) is 22.7 Å². The van der Waals surface area contributed by atoms with E-state index in [1.807, 2.05) is 13.8 Å². The van der Waals surface area contributed by atoms with Gasteiger partial charge in [-0.05, 0) is 49.1 Å². The maximum Gasteiger partial charge on any atom is 0.124 e. The molecule has 1 heterocycles. The van der Waals surface area contributed by atoms with Crippen molar-refractivity contribution < 1.29 is 4.39 Å². The highest BCUT2D eigenvalue weighted by atomic mass is 35.5. The van der Waals surface area contributed by atoms with Gasteiger partial charge in [0.25, 0.3) is 0 Å². The molecule has 0 aliphatic carbocycles. The van der Waals surface area contributed by atoms with Crippen molar-refractivity contribution in [1.29, 1.82) is 0 Å². The molecule has 0 bridgehead atoms. The Balaban J connectivity index is 2.24. The number of likely N-dealkylation sites (N-methyl/N-ethyl adjacent to an activating group) is 1. The lowest BCUT2D eigenvalue weighted by Crippen LogP contribution is -2.23. The normalized spacial score (nSPS) is 12.6. The molecular formula is C13H15ClFN3S. The molecule has 3 nitrogen and oxygen atoms in total. The molecule has 2 rings (SSSR count). The molecule has 0 spiro atoms. The summed E-state index contributed by atoms with van der Waals surface area (Å²) in [7, 11) is 0. The van der Waals surface area contributed by atoms with E-state index in [4.69, 9.17) is 11.6 Å². The molecule has 102 valence electrons. The van der Waals surface area contributed by atoms with Crippen LogP contribution in [-0.4, -0.2) is 16.1 Å². The molecule has 0 amide bonds. The van der Waals surface area contributed by atoms with Gasteiger partial charge >= 0.3 is 0 Å². The predicted molar refractivity (Wildman–Crippen MR) is 76.2 cm³/mol. The van der Waals surface area contributed by atoms with E-state index in [2.05, 4.69) is 14.9 Å². The van der Waals surface area contributed by atoms with Crippen molar-refractivity contribution in [2.75, 3.05) is 6.54 Å². The molecule has 0 saturated carbocycles. The highest BCUT2D eigenvalue weighted by Gasteiger charge is 2.18. The Hall–Kier alpha value is -1.04. The van der Waals surface area contributed by atoms with E-state index in [-0.39, 0.29) is 11.9 Å². The van der Waals surface area contributed by atoms with Gasteiger partial charge in [0.1, 0.15) is 5.82 Å². The van der Waals surface area contributed by atoms with E-state index < -0.39 is 0 Å². The largest absolute Gasteiger partial charge is 0.309 e. The Kier molecular flexibility index (Phi) is 4.85. The fourth-order valence-corrected chi connectivity index (χ4v) is 2.93. The summed E-state index contributed by atoms with van der Waals surface area (Å²) in [4.78, 5) is 1.10. The average molecular weight is 300 g/mol. The van der Waals surface area contributed by atoms with Crippen molar-refractivity contribution in [3.05, 3.63) is 45.2 Å². The molecular weight excluding hydrogens is 285 g/mol. The van der Waals surface area contributed by atoms with Crippen molar-refractivity contribution >= 4 is 23.1 Å². The van der Waals surface area contributed by atoms with Crippen LogP contribution in [0.4, 0.5) is 4.39 Å². The number of aryl methyl sites for hydroxylation is 1. The molecule has 1 unspecified atom stereocenters.